The Labute approximate surface area is 173 Å². The number of benzodiazepines with no additional fused rings is 1. The van der Waals surface area contributed by atoms with E-state index < -0.39 is 18.1 Å². The van der Waals surface area contributed by atoms with Crippen LogP contribution >= 0.6 is 0 Å². The van der Waals surface area contributed by atoms with Crippen molar-refractivity contribution in [3.8, 4) is 5.75 Å². The summed E-state index contributed by atoms with van der Waals surface area (Å²) >= 11 is 0. The number of hydrogen-bond acceptors (Lipinski definition) is 4. The number of primary amides is 1. The van der Waals surface area contributed by atoms with Crippen LogP contribution in [0.25, 0.3) is 0 Å². The standard InChI is InChI=1S/C24H19N3O3/c25-23(28)15-10-11-19-16(12-15)13-20(30-19)22-24(29)26-18-9-5-4-8-17(18)21(27-22)14-6-2-1-3-7-14/h1-12,20,22H,13H2,(H2,25,28)(H,26,29). The lowest BCUT2D eigenvalue weighted by atomic mass is 10.00. The van der Waals surface area contributed by atoms with Gasteiger partial charge in [0.25, 0.3) is 5.91 Å². The molecule has 0 bridgehead atoms. The Morgan fingerprint density at radius 2 is 1.80 bits per heavy atom. The number of fused-ring (bicyclic) bond motifs is 2. The first kappa shape index (κ1) is 18.1. The Balaban J connectivity index is 1.55. The van der Waals surface area contributed by atoms with E-state index >= 15 is 0 Å². The number of anilines is 1. The lowest BCUT2D eigenvalue weighted by molar-refractivity contribution is -0.118. The van der Waals surface area contributed by atoms with Crippen LogP contribution in [0, 0.1) is 0 Å². The number of aliphatic imine (C=N–C) groups is 1. The van der Waals surface area contributed by atoms with Crippen molar-refractivity contribution >= 4 is 23.2 Å². The van der Waals surface area contributed by atoms with Gasteiger partial charge < -0.3 is 15.8 Å². The molecule has 0 aliphatic carbocycles. The largest absolute Gasteiger partial charge is 0.487 e. The summed E-state index contributed by atoms with van der Waals surface area (Å²) in [5.74, 6) is -0.0642. The van der Waals surface area contributed by atoms with E-state index in [-0.39, 0.29) is 5.91 Å². The molecule has 148 valence electrons. The second-order valence-electron chi connectivity index (χ2n) is 7.37. The minimum Gasteiger partial charge on any atom is -0.487 e. The average Bonchev–Trinajstić information content (AvgIpc) is 3.12. The molecular weight excluding hydrogens is 378 g/mol. The van der Waals surface area contributed by atoms with Crippen LogP contribution in [0.2, 0.25) is 0 Å². The SMILES string of the molecule is NC(=O)c1ccc2c(c1)CC(C1N=C(c3ccccc3)c3ccccc3NC1=O)O2. The maximum Gasteiger partial charge on any atom is 0.253 e. The second kappa shape index (κ2) is 7.15. The van der Waals surface area contributed by atoms with E-state index in [9.17, 15) is 9.59 Å². The van der Waals surface area contributed by atoms with Crippen molar-refractivity contribution in [3.63, 3.8) is 0 Å². The van der Waals surface area contributed by atoms with Gasteiger partial charge in [-0.2, -0.15) is 0 Å². The number of nitrogens with one attached hydrogen (secondary N) is 1. The topological polar surface area (TPSA) is 93.8 Å². The number of ether oxygens (including phenoxy) is 1. The Hall–Kier alpha value is -3.93. The van der Waals surface area contributed by atoms with E-state index in [1.165, 1.54) is 0 Å². The van der Waals surface area contributed by atoms with E-state index in [0.29, 0.717) is 17.7 Å². The van der Waals surface area contributed by atoms with Crippen molar-refractivity contribution in [2.75, 3.05) is 5.32 Å². The summed E-state index contributed by atoms with van der Waals surface area (Å²) in [6, 6.07) is 21.8. The number of benzene rings is 3. The first-order valence-corrected chi connectivity index (χ1v) is 9.73. The third kappa shape index (κ3) is 3.12. The number of para-hydroxylation sites is 1. The van der Waals surface area contributed by atoms with Crippen LogP contribution in [0.5, 0.6) is 5.75 Å². The lowest BCUT2D eigenvalue weighted by Crippen LogP contribution is -2.39. The molecule has 30 heavy (non-hydrogen) atoms. The number of hydrogen-bond donors (Lipinski definition) is 2. The zero-order valence-corrected chi connectivity index (χ0v) is 16.0. The quantitative estimate of drug-likeness (QED) is 0.712. The zero-order valence-electron chi connectivity index (χ0n) is 16.0. The minimum atomic E-state index is -0.739. The molecule has 5 rings (SSSR count). The molecule has 2 amide bonds. The highest BCUT2D eigenvalue weighted by Gasteiger charge is 2.37. The van der Waals surface area contributed by atoms with E-state index in [1.54, 1.807) is 18.2 Å². The summed E-state index contributed by atoms with van der Waals surface area (Å²) in [5, 5.41) is 3.00. The smallest absolute Gasteiger partial charge is 0.253 e. The third-order valence-corrected chi connectivity index (χ3v) is 5.42. The Bertz CT molecular complexity index is 1190. The van der Waals surface area contributed by atoms with Gasteiger partial charge in [0.1, 0.15) is 11.9 Å². The van der Waals surface area contributed by atoms with Crippen molar-refractivity contribution in [1.29, 1.82) is 0 Å². The van der Waals surface area contributed by atoms with Gasteiger partial charge >= 0.3 is 0 Å². The molecule has 2 unspecified atom stereocenters. The molecule has 0 saturated heterocycles. The number of nitrogens with two attached hydrogens (primary N) is 1. The van der Waals surface area contributed by atoms with Gasteiger partial charge in [-0.05, 0) is 29.8 Å². The Morgan fingerprint density at radius 1 is 1.03 bits per heavy atom. The number of carbonyl (C=O) groups excluding carboxylic acids is 2. The lowest BCUT2D eigenvalue weighted by Gasteiger charge is -2.18. The predicted octanol–water partition coefficient (Wildman–Crippen LogP) is 2.95. The van der Waals surface area contributed by atoms with Crippen LogP contribution in [0.15, 0.2) is 77.8 Å². The first-order valence-electron chi connectivity index (χ1n) is 9.73. The molecule has 0 radical (unpaired) electrons. The van der Waals surface area contributed by atoms with Gasteiger partial charge in [0.2, 0.25) is 5.91 Å². The van der Waals surface area contributed by atoms with E-state index in [1.807, 2.05) is 54.6 Å². The van der Waals surface area contributed by atoms with Crippen LogP contribution in [-0.2, 0) is 11.2 Å². The predicted molar refractivity (Wildman–Crippen MR) is 114 cm³/mol. The summed E-state index contributed by atoms with van der Waals surface area (Å²) in [6.45, 7) is 0. The molecule has 2 atom stereocenters. The monoisotopic (exact) mass is 397 g/mol. The van der Waals surface area contributed by atoms with Gasteiger partial charge in [-0.25, -0.2) is 0 Å². The average molecular weight is 397 g/mol. The van der Waals surface area contributed by atoms with Crippen LogP contribution in [0.1, 0.15) is 27.0 Å². The molecule has 2 aliphatic heterocycles. The van der Waals surface area contributed by atoms with Gasteiger partial charge in [0, 0.05) is 23.1 Å². The molecular formula is C24H19N3O3. The summed E-state index contributed by atoms with van der Waals surface area (Å²) < 4.78 is 6.07. The fourth-order valence-electron chi connectivity index (χ4n) is 3.96. The van der Waals surface area contributed by atoms with Gasteiger partial charge in [-0.1, -0.05) is 48.5 Å². The minimum absolute atomic E-state index is 0.221. The zero-order chi connectivity index (χ0) is 20.7. The van der Waals surface area contributed by atoms with Crippen molar-refractivity contribution < 1.29 is 14.3 Å². The van der Waals surface area contributed by atoms with E-state index in [0.717, 1.165) is 28.1 Å². The van der Waals surface area contributed by atoms with Crippen molar-refractivity contribution in [2.45, 2.75) is 18.6 Å². The van der Waals surface area contributed by atoms with Gasteiger partial charge in [-0.3, -0.25) is 14.6 Å². The molecule has 2 aliphatic rings. The van der Waals surface area contributed by atoms with Crippen molar-refractivity contribution in [3.05, 3.63) is 95.1 Å². The summed E-state index contributed by atoms with van der Waals surface area (Å²) in [7, 11) is 0. The van der Waals surface area contributed by atoms with Gasteiger partial charge in [0.05, 0.1) is 11.4 Å². The van der Waals surface area contributed by atoms with Crippen LogP contribution in [0.4, 0.5) is 5.69 Å². The first-order chi connectivity index (χ1) is 14.6. The third-order valence-electron chi connectivity index (χ3n) is 5.42. The number of amides is 2. The van der Waals surface area contributed by atoms with Crippen LogP contribution in [0.3, 0.4) is 0 Å². The van der Waals surface area contributed by atoms with Gasteiger partial charge in [0.15, 0.2) is 6.04 Å². The second-order valence-corrected chi connectivity index (χ2v) is 7.37. The Kier molecular flexibility index (Phi) is 4.32. The van der Waals surface area contributed by atoms with Crippen molar-refractivity contribution in [2.24, 2.45) is 10.7 Å². The molecule has 6 nitrogen and oxygen atoms in total. The number of carbonyl (C=O) groups is 2. The molecule has 6 heteroatoms. The molecule has 0 fully saturated rings. The molecule has 0 aromatic heterocycles. The number of nitrogens with zero attached hydrogens (tertiary/aromatic N) is 1. The number of rotatable bonds is 3. The fourth-order valence-corrected chi connectivity index (χ4v) is 3.96. The van der Waals surface area contributed by atoms with Crippen LogP contribution < -0.4 is 15.8 Å². The van der Waals surface area contributed by atoms with E-state index in [2.05, 4.69) is 5.32 Å². The highest BCUT2D eigenvalue weighted by molar-refractivity contribution is 6.19. The fraction of sp³-hybridized carbons (Fsp3) is 0.125. The molecule has 2 heterocycles. The van der Waals surface area contributed by atoms with Crippen molar-refractivity contribution in [1.82, 2.24) is 0 Å². The molecule has 3 aromatic rings. The van der Waals surface area contributed by atoms with E-state index in [4.69, 9.17) is 15.5 Å². The van der Waals surface area contributed by atoms with Gasteiger partial charge in [-0.15, -0.1) is 0 Å². The molecule has 3 aromatic carbocycles. The molecule has 0 spiro atoms. The normalized spacial score (nSPS) is 19.6. The summed E-state index contributed by atoms with van der Waals surface area (Å²) in [4.78, 5) is 29.5. The van der Waals surface area contributed by atoms with Crippen LogP contribution in [-0.4, -0.2) is 29.7 Å². The summed E-state index contributed by atoms with van der Waals surface area (Å²) in [5.41, 5.74) is 9.92. The maximum absolute atomic E-state index is 13.1. The highest BCUT2D eigenvalue weighted by atomic mass is 16.5. The summed E-state index contributed by atoms with van der Waals surface area (Å²) in [6.07, 6.45) is -0.00708. The molecule has 0 saturated carbocycles. The highest BCUT2D eigenvalue weighted by Crippen LogP contribution is 2.33. The molecule has 3 N–H and O–H groups in total. The Morgan fingerprint density at radius 3 is 2.60 bits per heavy atom. The maximum atomic E-state index is 13.1.